The SMILES string of the molecule is COC(=O)[C@H](Cc1ccc(I)cc1)NC(=O)CNC(=O)[C@H](Cc1c(C#C[Si](C(C)C)(C(C)C)C(C)C)n(-c2ncccn2)c2ccccc12)NC(=O)OC(C)(C)C. The molecule has 0 radical (unpaired) electrons. The number of para-hydroxylation sites is 1. The van der Waals surface area contributed by atoms with Crippen LogP contribution in [0.2, 0.25) is 16.6 Å². The number of nitrogens with zero attached hydrogens (tertiary/aromatic N) is 3. The molecule has 2 aromatic carbocycles. The van der Waals surface area contributed by atoms with Gasteiger partial charge in [-0.2, -0.15) is 0 Å². The minimum atomic E-state index is -2.26. The zero-order valence-electron chi connectivity index (χ0n) is 34.5. The second-order valence-corrected chi connectivity index (χ2v) is 22.8. The molecule has 12 nitrogen and oxygen atoms in total. The number of carbonyl (C=O) groups is 4. The highest BCUT2D eigenvalue weighted by atomic mass is 127. The zero-order valence-corrected chi connectivity index (χ0v) is 37.7. The van der Waals surface area contributed by atoms with Gasteiger partial charge in [-0.3, -0.25) is 14.2 Å². The quantitative estimate of drug-likeness (QED) is 0.0527. The average molecular weight is 907 g/mol. The average Bonchev–Trinajstić information content (AvgIpc) is 3.45. The molecule has 0 aliphatic rings. The largest absolute Gasteiger partial charge is 0.467 e. The summed E-state index contributed by atoms with van der Waals surface area (Å²) in [6, 6.07) is 14.8. The summed E-state index contributed by atoms with van der Waals surface area (Å²) in [4.78, 5) is 62.6. The second-order valence-electron chi connectivity index (χ2n) is 16.0. The van der Waals surface area contributed by atoms with E-state index in [1.807, 2.05) is 53.1 Å². The van der Waals surface area contributed by atoms with E-state index in [0.717, 1.165) is 20.0 Å². The number of halogens is 1. The fourth-order valence-corrected chi connectivity index (χ4v) is 13.0. The molecule has 0 unspecified atom stereocenters. The molecular weight excluding hydrogens is 851 g/mol. The van der Waals surface area contributed by atoms with Crippen LogP contribution in [-0.2, 0) is 36.7 Å². The fourth-order valence-electron chi connectivity index (χ4n) is 7.45. The first kappa shape index (κ1) is 45.0. The number of methoxy groups -OCH3 is 1. The lowest BCUT2D eigenvalue weighted by Gasteiger charge is -2.38. The number of amides is 3. The van der Waals surface area contributed by atoms with E-state index in [9.17, 15) is 19.2 Å². The van der Waals surface area contributed by atoms with E-state index in [2.05, 4.69) is 102 Å². The predicted octanol–water partition coefficient (Wildman–Crippen LogP) is 7.05. The van der Waals surface area contributed by atoms with Crippen LogP contribution < -0.4 is 16.0 Å². The topological polar surface area (TPSA) is 154 Å². The first-order valence-corrected chi connectivity index (χ1v) is 22.5. The van der Waals surface area contributed by atoms with Crippen molar-refractivity contribution in [3.63, 3.8) is 0 Å². The smallest absolute Gasteiger partial charge is 0.408 e. The van der Waals surface area contributed by atoms with Crippen LogP contribution in [0.4, 0.5) is 4.79 Å². The Morgan fingerprint density at radius 3 is 2.04 bits per heavy atom. The third-order valence-corrected chi connectivity index (χ3v) is 17.0. The molecule has 0 fully saturated rings. The number of hydrogen-bond acceptors (Lipinski definition) is 8. The Kier molecular flexibility index (Phi) is 15.5. The van der Waals surface area contributed by atoms with E-state index in [1.54, 1.807) is 39.2 Å². The number of rotatable bonds is 14. The van der Waals surface area contributed by atoms with Crippen molar-refractivity contribution >= 4 is 65.4 Å². The Bertz CT molecular complexity index is 2080. The summed E-state index contributed by atoms with van der Waals surface area (Å²) in [7, 11) is -1.01. The van der Waals surface area contributed by atoms with Gasteiger partial charge in [0.15, 0.2) is 0 Å². The number of carbonyl (C=O) groups excluding carboxylic acids is 4. The first-order valence-electron chi connectivity index (χ1n) is 19.2. The van der Waals surface area contributed by atoms with Crippen molar-refractivity contribution in [1.29, 1.82) is 0 Å². The molecule has 3 amide bonds. The van der Waals surface area contributed by atoms with Crippen molar-refractivity contribution < 1.29 is 28.7 Å². The Hall–Kier alpha value is -4.75. The van der Waals surface area contributed by atoms with Gasteiger partial charge in [-0.25, -0.2) is 19.6 Å². The molecule has 2 heterocycles. The molecule has 2 aromatic heterocycles. The van der Waals surface area contributed by atoms with Gasteiger partial charge in [0.2, 0.25) is 17.8 Å². The number of aromatic nitrogens is 3. The van der Waals surface area contributed by atoms with E-state index in [-0.39, 0.29) is 12.8 Å². The van der Waals surface area contributed by atoms with Crippen molar-refractivity contribution in [3.8, 4) is 17.4 Å². The predicted molar refractivity (Wildman–Crippen MR) is 233 cm³/mol. The number of fused-ring (bicyclic) bond motifs is 1. The maximum Gasteiger partial charge on any atom is 0.408 e. The van der Waals surface area contributed by atoms with Crippen LogP contribution in [0.5, 0.6) is 0 Å². The van der Waals surface area contributed by atoms with Crippen molar-refractivity contribution in [2.45, 2.75) is 109 Å². The second kappa shape index (κ2) is 19.6. The van der Waals surface area contributed by atoms with Gasteiger partial charge in [-0.15, -0.1) is 5.54 Å². The Morgan fingerprint density at radius 2 is 1.46 bits per heavy atom. The van der Waals surface area contributed by atoms with E-state index in [1.165, 1.54) is 7.11 Å². The van der Waals surface area contributed by atoms with E-state index < -0.39 is 56.2 Å². The number of benzene rings is 2. The van der Waals surface area contributed by atoms with Crippen molar-refractivity contribution in [1.82, 2.24) is 30.5 Å². The maximum absolute atomic E-state index is 14.1. The van der Waals surface area contributed by atoms with Gasteiger partial charge in [0.25, 0.3) is 0 Å². The van der Waals surface area contributed by atoms with Crippen LogP contribution in [0, 0.1) is 15.0 Å². The maximum atomic E-state index is 14.1. The highest BCUT2D eigenvalue weighted by Crippen LogP contribution is 2.41. The van der Waals surface area contributed by atoms with Crippen LogP contribution in [0.3, 0.4) is 0 Å². The minimum Gasteiger partial charge on any atom is -0.467 e. The van der Waals surface area contributed by atoms with Gasteiger partial charge in [0, 0.05) is 34.2 Å². The minimum absolute atomic E-state index is 0.00572. The van der Waals surface area contributed by atoms with Gasteiger partial charge in [-0.05, 0) is 95.4 Å². The van der Waals surface area contributed by atoms with Gasteiger partial charge >= 0.3 is 12.1 Å². The molecule has 0 bridgehead atoms. The third kappa shape index (κ3) is 11.4. The van der Waals surface area contributed by atoms with Crippen LogP contribution >= 0.6 is 22.6 Å². The Labute approximate surface area is 350 Å². The number of hydrogen-bond donors (Lipinski definition) is 3. The van der Waals surface area contributed by atoms with Gasteiger partial charge in [0.1, 0.15) is 31.5 Å². The molecule has 3 N–H and O–H groups in total. The van der Waals surface area contributed by atoms with Crippen molar-refractivity contribution in [3.05, 3.63) is 87.4 Å². The summed E-state index contributed by atoms with van der Waals surface area (Å²) < 4.78 is 13.5. The lowest BCUT2D eigenvalue weighted by Crippen LogP contribution is -2.52. The number of ether oxygens (including phenoxy) is 2. The molecule has 0 saturated carbocycles. The summed E-state index contributed by atoms with van der Waals surface area (Å²) in [5.41, 5.74) is 6.97. The fraction of sp³-hybridized carbons (Fsp3) is 0.442. The summed E-state index contributed by atoms with van der Waals surface area (Å²) in [5, 5.41) is 8.93. The van der Waals surface area contributed by atoms with Gasteiger partial charge in [0.05, 0.1) is 19.2 Å². The normalized spacial score (nSPS) is 12.8. The molecule has 304 valence electrons. The van der Waals surface area contributed by atoms with Crippen LogP contribution in [0.15, 0.2) is 67.0 Å². The summed E-state index contributed by atoms with van der Waals surface area (Å²) in [6.07, 6.45) is 2.72. The van der Waals surface area contributed by atoms with E-state index in [4.69, 9.17) is 9.47 Å². The lowest BCUT2D eigenvalue weighted by molar-refractivity contribution is -0.145. The third-order valence-electron chi connectivity index (χ3n) is 10.0. The van der Waals surface area contributed by atoms with E-state index >= 15 is 0 Å². The highest BCUT2D eigenvalue weighted by molar-refractivity contribution is 14.1. The molecule has 0 aliphatic heterocycles. The summed E-state index contributed by atoms with van der Waals surface area (Å²) in [6.45, 7) is 18.2. The number of nitrogens with one attached hydrogen (secondary N) is 3. The van der Waals surface area contributed by atoms with Crippen molar-refractivity contribution in [2.24, 2.45) is 0 Å². The monoisotopic (exact) mass is 906 g/mol. The molecule has 4 rings (SSSR count). The highest BCUT2D eigenvalue weighted by Gasteiger charge is 2.42. The molecule has 14 heteroatoms. The summed E-state index contributed by atoms with van der Waals surface area (Å²) >= 11 is 2.19. The van der Waals surface area contributed by atoms with Crippen LogP contribution in [0.25, 0.3) is 16.9 Å². The molecule has 2 atom stereocenters. The number of esters is 1. The Balaban J connectivity index is 1.77. The molecule has 0 saturated heterocycles. The summed E-state index contributed by atoms with van der Waals surface area (Å²) in [5.74, 6) is 2.16. The Morgan fingerprint density at radius 1 is 0.842 bits per heavy atom. The van der Waals surface area contributed by atoms with E-state index in [0.29, 0.717) is 33.8 Å². The van der Waals surface area contributed by atoms with Crippen LogP contribution in [-0.4, -0.2) is 77.8 Å². The molecule has 57 heavy (non-hydrogen) atoms. The molecule has 0 spiro atoms. The number of alkyl carbamates (subject to hydrolysis) is 1. The standard InChI is InChI=1S/C43H55IN6O6Si/c1-27(2)57(28(3)4,29(5)6)23-20-37-33(32-14-11-12-15-36(32)50(37)41-45-21-13-22-46-41)25-34(49-42(54)56-43(7,8)9)39(52)47-26-38(51)48-35(40(53)55-10)24-30-16-18-31(44)19-17-30/h11-19,21-22,27-29,34-35H,24-26H2,1-10H3,(H,47,52)(H,48,51)(H,49,54)/t34-,35-/m0/s1. The molecular formula is C43H55IN6O6Si. The first-order chi connectivity index (χ1) is 26.9. The zero-order chi connectivity index (χ0) is 42.1. The van der Waals surface area contributed by atoms with Crippen molar-refractivity contribution in [2.75, 3.05) is 13.7 Å². The molecule has 0 aliphatic carbocycles. The molecule has 4 aromatic rings. The van der Waals surface area contributed by atoms with Crippen LogP contribution in [0.1, 0.15) is 79.1 Å². The lowest BCUT2D eigenvalue weighted by atomic mass is 10.0. The van der Waals surface area contributed by atoms with Gasteiger partial charge in [-0.1, -0.05) is 77.8 Å². The van der Waals surface area contributed by atoms with Gasteiger partial charge < -0.3 is 25.4 Å².